The third-order valence-electron chi connectivity index (χ3n) is 5.16. The van der Waals surface area contributed by atoms with Crippen LogP contribution in [0.5, 0.6) is 0 Å². The van der Waals surface area contributed by atoms with Crippen molar-refractivity contribution in [3.05, 3.63) is 47.2 Å². The van der Waals surface area contributed by atoms with E-state index in [-0.39, 0.29) is 18.1 Å². The van der Waals surface area contributed by atoms with Gasteiger partial charge in [0.05, 0.1) is 18.4 Å². The largest absolute Gasteiger partial charge is 0.404 e. The van der Waals surface area contributed by atoms with E-state index in [4.69, 9.17) is 16.1 Å². The molecule has 150 valence electrons. The summed E-state index contributed by atoms with van der Waals surface area (Å²) in [6, 6.07) is 2.12. The predicted molar refractivity (Wildman–Crippen MR) is 116 cm³/mol. The molecule has 0 saturated carbocycles. The molecular formula is C19H22BrN9. The lowest BCUT2D eigenvalue weighted by molar-refractivity contribution is 0.363. The fraction of sp³-hybridized carbons (Fsp3) is 0.316. The molecule has 0 aliphatic carbocycles. The maximum absolute atomic E-state index is 7.67. The van der Waals surface area contributed by atoms with E-state index in [1.54, 1.807) is 18.6 Å². The predicted octanol–water partition coefficient (Wildman–Crippen LogP) is 2.00. The van der Waals surface area contributed by atoms with Gasteiger partial charge in [-0.3, -0.25) is 4.40 Å². The van der Waals surface area contributed by atoms with Crippen LogP contribution in [-0.4, -0.2) is 55.2 Å². The summed E-state index contributed by atoms with van der Waals surface area (Å²) >= 11 is 3.40. The highest BCUT2D eigenvalue weighted by Gasteiger charge is 2.33. The molecule has 0 radical (unpaired) electrons. The van der Waals surface area contributed by atoms with Crippen LogP contribution in [0, 0.1) is 5.41 Å². The number of imidazole rings is 1. The lowest BCUT2D eigenvalue weighted by Crippen LogP contribution is -2.61. The number of hydrogen-bond acceptors (Lipinski definition) is 8. The Bertz CT molecular complexity index is 1080. The van der Waals surface area contributed by atoms with Crippen LogP contribution in [0.3, 0.4) is 0 Å². The van der Waals surface area contributed by atoms with Gasteiger partial charge in [0.15, 0.2) is 11.5 Å². The van der Waals surface area contributed by atoms with Gasteiger partial charge >= 0.3 is 0 Å². The molecule has 1 aliphatic heterocycles. The third kappa shape index (κ3) is 3.60. The fourth-order valence-electron chi connectivity index (χ4n) is 3.72. The average molecular weight is 456 g/mol. The Balaban J connectivity index is 1.72. The number of anilines is 1. The van der Waals surface area contributed by atoms with Crippen molar-refractivity contribution >= 4 is 33.6 Å². The quantitative estimate of drug-likeness (QED) is 0.514. The van der Waals surface area contributed by atoms with E-state index in [9.17, 15) is 0 Å². The van der Waals surface area contributed by atoms with Gasteiger partial charge in [0.2, 0.25) is 0 Å². The second-order valence-corrected chi connectivity index (χ2v) is 7.88. The maximum atomic E-state index is 7.67. The van der Waals surface area contributed by atoms with Gasteiger partial charge in [0.25, 0.3) is 0 Å². The molecule has 4 rings (SSSR count). The van der Waals surface area contributed by atoms with E-state index in [0.717, 1.165) is 29.3 Å². The summed E-state index contributed by atoms with van der Waals surface area (Å²) in [7, 11) is 0. The van der Waals surface area contributed by atoms with Crippen LogP contribution in [0.4, 0.5) is 5.82 Å². The smallest absolute Gasteiger partial charge is 0.180 e. The van der Waals surface area contributed by atoms with Gasteiger partial charge in [-0.05, 0) is 35.8 Å². The molecule has 3 aromatic rings. The second kappa shape index (κ2) is 7.88. The van der Waals surface area contributed by atoms with E-state index in [1.807, 2.05) is 16.7 Å². The fourth-order valence-corrected chi connectivity index (χ4v) is 4.03. The van der Waals surface area contributed by atoms with Crippen molar-refractivity contribution in [2.45, 2.75) is 32.0 Å². The molecule has 3 atom stereocenters. The molecule has 0 aromatic carbocycles. The molecule has 4 heterocycles. The first-order valence-electron chi connectivity index (χ1n) is 9.28. The number of nitrogens with two attached hydrogens (primary N) is 1. The molecule has 9 nitrogen and oxygen atoms in total. The monoisotopic (exact) mass is 455 g/mol. The minimum absolute atomic E-state index is 0.0579. The van der Waals surface area contributed by atoms with Gasteiger partial charge in [-0.25, -0.2) is 19.9 Å². The van der Waals surface area contributed by atoms with E-state index in [0.29, 0.717) is 10.4 Å². The Hall–Kier alpha value is -2.85. The van der Waals surface area contributed by atoms with Gasteiger partial charge in [0, 0.05) is 49.0 Å². The number of piperazine rings is 1. The summed E-state index contributed by atoms with van der Waals surface area (Å²) in [6.07, 6.45) is 9.85. The molecular weight excluding hydrogens is 434 g/mol. The number of nitrogens with one attached hydrogen (secondary N) is 2. The second-order valence-electron chi connectivity index (χ2n) is 7.07. The molecule has 3 unspecified atom stereocenters. The first kappa shape index (κ1) is 19.5. The SMILES string of the molecule is CC1CN(c2ccnc(-c3cnc4cnc(Br)cn34)n2)C(C)C(/C(C=N)=C/N)N1. The van der Waals surface area contributed by atoms with Crippen LogP contribution in [0.25, 0.3) is 17.2 Å². The summed E-state index contributed by atoms with van der Waals surface area (Å²) in [5.74, 6) is 1.41. The third-order valence-corrected chi connectivity index (χ3v) is 5.57. The van der Waals surface area contributed by atoms with Crippen molar-refractivity contribution in [3.63, 3.8) is 0 Å². The molecule has 0 bridgehead atoms. The van der Waals surface area contributed by atoms with Gasteiger partial charge in [-0.15, -0.1) is 0 Å². The summed E-state index contributed by atoms with van der Waals surface area (Å²) < 4.78 is 2.62. The molecule has 3 aromatic heterocycles. The molecule has 4 N–H and O–H groups in total. The Kier molecular flexibility index (Phi) is 5.29. The highest BCUT2D eigenvalue weighted by atomic mass is 79.9. The summed E-state index contributed by atoms with van der Waals surface area (Å²) in [5.41, 5.74) is 8.01. The topological polar surface area (TPSA) is 121 Å². The number of rotatable bonds is 4. The van der Waals surface area contributed by atoms with E-state index in [2.05, 4.69) is 54.9 Å². The number of fused-ring (bicyclic) bond motifs is 1. The van der Waals surface area contributed by atoms with Gasteiger partial charge in [0.1, 0.15) is 16.1 Å². The van der Waals surface area contributed by atoms with Gasteiger partial charge in [-0.2, -0.15) is 0 Å². The van der Waals surface area contributed by atoms with Gasteiger partial charge < -0.3 is 21.4 Å². The van der Waals surface area contributed by atoms with E-state index >= 15 is 0 Å². The number of aromatic nitrogens is 5. The maximum Gasteiger partial charge on any atom is 0.180 e. The van der Waals surface area contributed by atoms with Crippen LogP contribution in [0.1, 0.15) is 13.8 Å². The Morgan fingerprint density at radius 1 is 1.31 bits per heavy atom. The molecule has 29 heavy (non-hydrogen) atoms. The van der Waals surface area contributed by atoms with Crippen LogP contribution < -0.4 is 16.0 Å². The Morgan fingerprint density at radius 2 is 2.14 bits per heavy atom. The molecule has 0 amide bonds. The minimum Gasteiger partial charge on any atom is -0.404 e. The summed E-state index contributed by atoms with van der Waals surface area (Å²) in [6.45, 7) is 5.00. The lowest BCUT2D eigenvalue weighted by atomic mass is 9.96. The zero-order valence-corrected chi connectivity index (χ0v) is 17.7. The lowest BCUT2D eigenvalue weighted by Gasteiger charge is -2.44. The zero-order valence-electron chi connectivity index (χ0n) is 16.1. The number of hydrogen-bond donors (Lipinski definition) is 3. The van der Waals surface area contributed by atoms with Crippen molar-refractivity contribution in [1.82, 2.24) is 29.7 Å². The highest BCUT2D eigenvalue weighted by Crippen LogP contribution is 2.25. The van der Waals surface area contributed by atoms with Gasteiger partial charge in [-0.1, -0.05) is 0 Å². The van der Waals surface area contributed by atoms with Crippen LogP contribution in [0.15, 0.2) is 47.2 Å². The first-order valence-corrected chi connectivity index (χ1v) is 10.1. The van der Waals surface area contributed by atoms with Crippen molar-refractivity contribution in [2.75, 3.05) is 11.4 Å². The molecule has 10 heteroatoms. The standard InChI is InChI=1S/C19H22BrN9/c1-11-9-28(12(2)18(26-11)13(5-21)6-22)16-3-4-23-19(27-16)14-7-25-17-8-24-15(20)10-29(14)17/h3-8,10-12,18,21,26H,9,22H2,1-2H3/b13-6+,21-5?. The van der Waals surface area contributed by atoms with Crippen molar-refractivity contribution in [2.24, 2.45) is 5.73 Å². The number of nitrogens with zero attached hydrogens (tertiary/aromatic N) is 6. The van der Waals surface area contributed by atoms with Crippen LogP contribution in [-0.2, 0) is 0 Å². The van der Waals surface area contributed by atoms with E-state index in [1.165, 1.54) is 12.4 Å². The van der Waals surface area contributed by atoms with Crippen molar-refractivity contribution < 1.29 is 0 Å². The van der Waals surface area contributed by atoms with Crippen LogP contribution >= 0.6 is 15.9 Å². The Labute approximate surface area is 176 Å². The number of halogens is 1. The molecule has 1 saturated heterocycles. The molecule has 0 spiro atoms. The normalized spacial score (nSPS) is 22.8. The van der Waals surface area contributed by atoms with Crippen LogP contribution in [0.2, 0.25) is 0 Å². The summed E-state index contributed by atoms with van der Waals surface area (Å²) in [5, 5.41) is 11.2. The van der Waals surface area contributed by atoms with Crippen molar-refractivity contribution in [3.8, 4) is 11.5 Å². The molecule has 1 aliphatic rings. The highest BCUT2D eigenvalue weighted by molar-refractivity contribution is 9.10. The zero-order chi connectivity index (χ0) is 20.5. The van der Waals surface area contributed by atoms with Crippen molar-refractivity contribution in [1.29, 1.82) is 5.41 Å². The average Bonchev–Trinajstić information content (AvgIpc) is 3.14. The molecule has 1 fully saturated rings. The van der Waals surface area contributed by atoms with E-state index < -0.39 is 0 Å². The minimum atomic E-state index is -0.0579. The Morgan fingerprint density at radius 3 is 2.90 bits per heavy atom. The first-order chi connectivity index (χ1) is 14.0. The summed E-state index contributed by atoms with van der Waals surface area (Å²) in [4.78, 5) is 20.1.